The lowest BCUT2D eigenvalue weighted by Crippen LogP contribution is -1.98. The normalized spacial score (nSPS) is 10.9. The van der Waals surface area contributed by atoms with Crippen molar-refractivity contribution in [3.63, 3.8) is 0 Å². The van der Waals surface area contributed by atoms with E-state index in [0.717, 1.165) is 30.6 Å². The summed E-state index contributed by atoms with van der Waals surface area (Å²) in [5.41, 5.74) is 10.4. The molecule has 0 radical (unpaired) electrons. The van der Waals surface area contributed by atoms with Crippen molar-refractivity contribution in [3.05, 3.63) is 107 Å². The zero-order valence-corrected chi connectivity index (χ0v) is 19.7. The molecule has 0 amide bonds. The first-order valence-corrected chi connectivity index (χ1v) is 11.7. The van der Waals surface area contributed by atoms with Crippen LogP contribution in [0.25, 0.3) is 21.9 Å². The van der Waals surface area contributed by atoms with Gasteiger partial charge in [0, 0.05) is 22.3 Å². The van der Waals surface area contributed by atoms with Crippen molar-refractivity contribution < 1.29 is 0 Å². The second-order valence-electron chi connectivity index (χ2n) is 8.82. The van der Waals surface area contributed by atoms with E-state index in [2.05, 4.69) is 118 Å². The highest BCUT2D eigenvalue weighted by atomic mass is 14.9. The fourth-order valence-electron chi connectivity index (χ4n) is 4.51. The number of nitrogens with one attached hydrogen (secondary N) is 1. The van der Waals surface area contributed by atoms with E-state index in [1.165, 1.54) is 44.2 Å². The molecule has 0 aliphatic carbocycles. The SMILES string of the molecule is CCc1c(CCC=C(C)C)ccc2c(Nc3ccc(C)cc3-c3ccccc3)cccc12. The first-order valence-electron chi connectivity index (χ1n) is 11.7. The zero-order valence-electron chi connectivity index (χ0n) is 19.7. The van der Waals surface area contributed by atoms with Crippen molar-refractivity contribution in [2.45, 2.75) is 47.0 Å². The minimum atomic E-state index is 1.05. The van der Waals surface area contributed by atoms with Crippen LogP contribution in [0.2, 0.25) is 0 Å². The van der Waals surface area contributed by atoms with Gasteiger partial charge in [0.2, 0.25) is 0 Å². The summed E-state index contributed by atoms with van der Waals surface area (Å²) >= 11 is 0. The predicted molar refractivity (Wildman–Crippen MR) is 141 cm³/mol. The van der Waals surface area contributed by atoms with Gasteiger partial charge in [0.15, 0.2) is 0 Å². The summed E-state index contributed by atoms with van der Waals surface area (Å²) in [6, 6.07) is 28.5. The molecule has 0 unspecified atom stereocenters. The molecular weight excluding hydrogens is 386 g/mol. The third-order valence-corrected chi connectivity index (χ3v) is 6.12. The summed E-state index contributed by atoms with van der Waals surface area (Å²) in [4.78, 5) is 0. The molecule has 32 heavy (non-hydrogen) atoms. The van der Waals surface area contributed by atoms with Crippen molar-refractivity contribution in [1.82, 2.24) is 0 Å². The van der Waals surface area contributed by atoms with Crippen molar-refractivity contribution >= 4 is 22.1 Å². The van der Waals surface area contributed by atoms with Crippen LogP contribution in [-0.4, -0.2) is 0 Å². The van der Waals surface area contributed by atoms with Crippen LogP contribution in [0.15, 0.2) is 90.5 Å². The number of hydrogen-bond acceptors (Lipinski definition) is 1. The predicted octanol–water partition coefficient (Wildman–Crippen LogP) is 9.02. The molecule has 1 N–H and O–H groups in total. The number of rotatable bonds is 7. The average molecular weight is 420 g/mol. The molecular formula is C31H33N. The largest absolute Gasteiger partial charge is 0.355 e. The Labute approximate surface area is 192 Å². The lowest BCUT2D eigenvalue weighted by Gasteiger charge is -2.17. The summed E-state index contributed by atoms with van der Waals surface area (Å²) in [6.45, 7) is 8.77. The Morgan fingerprint density at radius 1 is 0.812 bits per heavy atom. The van der Waals surface area contributed by atoms with Gasteiger partial charge in [-0.1, -0.05) is 84.8 Å². The van der Waals surface area contributed by atoms with E-state index >= 15 is 0 Å². The van der Waals surface area contributed by atoms with Gasteiger partial charge in [-0.3, -0.25) is 0 Å². The molecule has 162 valence electrons. The first-order chi connectivity index (χ1) is 15.6. The fourth-order valence-corrected chi connectivity index (χ4v) is 4.51. The van der Waals surface area contributed by atoms with Crippen LogP contribution in [0.4, 0.5) is 11.4 Å². The monoisotopic (exact) mass is 419 g/mol. The van der Waals surface area contributed by atoms with Crippen LogP contribution in [0, 0.1) is 6.92 Å². The quantitative estimate of drug-likeness (QED) is 0.295. The molecule has 0 bridgehead atoms. The Morgan fingerprint density at radius 2 is 1.62 bits per heavy atom. The molecule has 1 nitrogen and oxygen atoms in total. The lowest BCUT2D eigenvalue weighted by atomic mass is 9.93. The van der Waals surface area contributed by atoms with Crippen LogP contribution in [0.1, 0.15) is 43.9 Å². The number of allylic oxidation sites excluding steroid dienone is 2. The van der Waals surface area contributed by atoms with Gasteiger partial charge >= 0.3 is 0 Å². The van der Waals surface area contributed by atoms with Gasteiger partial charge in [-0.05, 0) is 80.3 Å². The summed E-state index contributed by atoms with van der Waals surface area (Å²) in [5.74, 6) is 0. The third-order valence-electron chi connectivity index (χ3n) is 6.12. The fraction of sp³-hybridized carbons (Fsp3) is 0.226. The van der Waals surface area contributed by atoms with Crippen LogP contribution < -0.4 is 5.32 Å². The van der Waals surface area contributed by atoms with Crippen LogP contribution >= 0.6 is 0 Å². The number of benzene rings is 4. The van der Waals surface area contributed by atoms with E-state index in [1.54, 1.807) is 0 Å². The highest BCUT2D eigenvalue weighted by Gasteiger charge is 2.11. The van der Waals surface area contributed by atoms with Gasteiger partial charge in [-0.25, -0.2) is 0 Å². The molecule has 4 aromatic carbocycles. The van der Waals surface area contributed by atoms with Gasteiger partial charge < -0.3 is 5.32 Å². The maximum atomic E-state index is 3.76. The minimum Gasteiger partial charge on any atom is -0.355 e. The Bertz CT molecular complexity index is 1240. The van der Waals surface area contributed by atoms with Crippen molar-refractivity contribution in [2.75, 3.05) is 5.32 Å². The number of aryl methyl sites for hydroxylation is 3. The standard InChI is InChI=1S/C31H33N/c1-5-26-25(14-9-11-22(2)3)18-19-28-27(26)15-10-16-30(28)32-31-20-17-23(4)21-29(31)24-12-7-6-8-13-24/h6-8,10-13,15-21,32H,5,9,14H2,1-4H3. The number of fused-ring (bicyclic) bond motifs is 1. The molecule has 0 spiro atoms. The number of anilines is 2. The highest BCUT2D eigenvalue weighted by Crippen LogP contribution is 2.35. The van der Waals surface area contributed by atoms with Gasteiger partial charge in [0.1, 0.15) is 0 Å². The maximum absolute atomic E-state index is 3.76. The number of hydrogen-bond donors (Lipinski definition) is 1. The van der Waals surface area contributed by atoms with Crippen molar-refractivity contribution in [1.29, 1.82) is 0 Å². The van der Waals surface area contributed by atoms with E-state index < -0.39 is 0 Å². The molecule has 0 heterocycles. The summed E-state index contributed by atoms with van der Waals surface area (Å²) in [5, 5.41) is 6.41. The van der Waals surface area contributed by atoms with E-state index in [0.29, 0.717) is 0 Å². The zero-order chi connectivity index (χ0) is 22.5. The van der Waals surface area contributed by atoms with E-state index in [4.69, 9.17) is 0 Å². The highest BCUT2D eigenvalue weighted by molar-refractivity contribution is 5.99. The van der Waals surface area contributed by atoms with E-state index in [9.17, 15) is 0 Å². The molecule has 4 aromatic rings. The van der Waals surface area contributed by atoms with Crippen LogP contribution in [-0.2, 0) is 12.8 Å². The Morgan fingerprint density at radius 3 is 2.38 bits per heavy atom. The Balaban J connectivity index is 1.75. The molecule has 1 heteroatoms. The second-order valence-corrected chi connectivity index (χ2v) is 8.82. The topological polar surface area (TPSA) is 12.0 Å². The molecule has 4 rings (SSSR count). The van der Waals surface area contributed by atoms with Crippen LogP contribution in [0.5, 0.6) is 0 Å². The maximum Gasteiger partial charge on any atom is 0.0464 e. The molecule has 0 aliphatic heterocycles. The summed E-state index contributed by atoms with van der Waals surface area (Å²) in [6.07, 6.45) is 5.58. The second kappa shape index (κ2) is 9.87. The lowest BCUT2D eigenvalue weighted by molar-refractivity contribution is 0.959. The molecule has 0 fully saturated rings. The molecule has 0 saturated heterocycles. The van der Waals surface area contributed by atoms with Crippen LogP contribution in [0.3, 0.4) is 0 Å². The Kier molecular flexibility index (Phi) is 6.75. The minimum absolute atomic E-state index is 1.05. The van der Waals surface area contributed by atoms with Crippen molar-refractivity contribution in [3.8, 4) is 11.1 Å². The summed E-state index contributed by atoms with van der Waals surface area (Å²) in [7, 11) is 0. The molecule has 0 atom stereocenters. The summed E-state index contributed by atoms with van der Waals surface area (Å²) < 4.78 is 0. The average Bonchev–Trinajstić information content (AvgIpc) is 2.80. The van der Waals surface area contributed by atoms with E-state index in [-0.39, 0.29) is 0 Å². The first kappa shape index (κ1) is 21.9. The smallest absolute Gasteiger partial charge is 0.0464 e. The van der Waals surface area contributed by atoms with Gasteiger partial charge in [-0.15, -0.1) is 0 Å². The molecule has 0 aromatic heterocycles. The van der Waals surface area contributed by atoms with Crippen molar-refractivity contribution in [2.24, 2.45) is 0 Å². The van der Waals surface area contributed by atoms with E-state index in [1.807, 2.05) is 0 Å². The van der Waals surface area contributed by atoms with Gasteiger partial charge in [0.25, 0.3) is 0 Å². The third kappa shape index (κ3) is 4.78. The van der Waals surface area contributed by atoms with Gasteiger partial charge in [0.05, 0.1) is 0 Å². The molecule has 0 saturated carbocycles. The van der Waals surface area contributed by atoms with Gasteiger partial charge in [-0.2, -0.15) is 0 Å². The Hall–Kier alpha value is -3.32. The molecule has 0 aliphatic rings.